The zero-order valence-corrected chi connectivity index (χ0v) is 15.7. The van der Waals surface area contributed by atoms with Crippen molar-refractivity contribution in [2.45, 2.75) is 26.3 Å². The molecule has 0 unspecified atom stereocenters. The standard InChI is InChI=1S/C21H29N3O2/c1-3-25-16-10-9-15-23-21(22-2)24-17-18-11-7-8-14-20(18)26-19-12-5-4-6-13-19/h4-8,11-14H,3,9-10,15-17H2,1-2H3,(H2,22,23,24). The van der Waals surface area contributed by atoms with Crippen LogP contribution in [0.15, 0.2) is 59.6 Å². The normalized spacial score (nSPS) is 11.2. The van der Waals surface area contributed by atoms with Crippen LogP contribution in [-0.2, 0) is 11.3 Å². The maximum atomic E-state index is 6.00. The zero-order valence-electron chi connectivity index (χ0n) is 15.7. The minimum atomic E-state index is 0.641. The van der Waals surface area contributed by atoms with Crippen LogP contribution in [0.4, 0.5) is 0 Å². The van der Waals surface area contributed by atoms with Gasteiger partial charge in [-0.1, -0.05) is 36.4 Å². The van der Waals surface area contributed by atoms with Gasteiger partial charge in [-0.15, -0.1) is 0 Å². The molecule has 2 aromatic rings. The smallest absolute Gasteiger partial charge is 0.191 e. The number of ether oxygens (including phenoxy) is 2. The predicted molar refractivity (Wildman–Crippen MR) is 107 cm³/mol. The number of hydrogen-bond donors (Lipinski definition) is 2. The topological polar surface area (TPSA) is 54.9 Å². The number of rotatable bonds is 10. The second-order valence-corrected chi connectivity index (χ2v) is 5.78. The molecule has 5 heteroatoms. The molecule has 0 saturated heterocycles. The van der Waals surface area contributed by atoms with Crippen LogP contribution < -0.4 is 15.4 Å². The monoisotopic (exact) mass is 355 g/mol. The van der Waals surface area contributed by atoms with Crippen LogP contribution in [0.25, 0.3) is 0 Å². The molecule has 0 aromatic heterocycles. The Morgan fingerprint density at radius 2 is 1.73 bits per heavy atom. The van der Waals surface area contributed by atoms with Crippen LogP contribution in [0.3, 0.4) is 0 Å². The average Bonchev–Trinajstić information content (AvgIpc) is 2.69. The van der Waals surface area contributed by atoms with Crippen molar-refractivity contribution >= 4 is 5.96 Å². The van der Waals surface area contributed by atoms with Gasteiger partial charge in [0.1, 0.15) is 11.5 Å². The first-order valence-corrected chi connectivity index (χ1v) is 9.16. The van der Waals surface area contributed by atoms with E-state index in [1.807, 2.05) is 55.5 Å². The van der Waals surface area contributed by atoms with Gasteiger partial charge in [-0.25, -0.2) is 0 Å². The Morgan fingerprint density at radius 1 is 0.962 bits per heavy atom. The molecule has 0 spiro atoms. The summed E-state index contributed by atoms with van der Waals surface area (Å²) in [5, 5.41) is 6.67. The Labute approximate surface area is 156 Å². The highest BCUT2D eigenvalue weighted by molar-refractivity contribution is 5.79. The van der Waals surface area contributed by atoms with Gasteiger partial charge in [0.15, 0.2) is 5.96 Å². The minimum Gasteiger partial charge on any atom is -0.457 e. The van der Waals surface area contributed by atoms with Gasteiger partial charge in [0.25, 0.3) is 0 Å². The quantitative estimate of drug-likeness (QED) is 0.385. The third-order valence-electron chi connectivity index (χ3n) is 3.83. The fraction of sp³-hybridized carbons (Fsp3) is 0.381. The summed E-state index contributed by atoms with van der Waals surface area (Å²) >= 11 is 0. The highest BCUT2D eigenvalue weighted by Crippen LogP contribution is 2.24. The molecular weight excluding hydrogens is 326 g/mol. The number of hydrogen-bond acceptors (Lipinski definition) is 3. The Hall–Kier alpha value is -2.53. The van der Waals surface area contributed by atoms with Gasteiger partial charge in [0.2, 0.25) is 0 Å². The van der Waals surface area contributed by atoms with Gasteiger partial charge < -0.3 is 20.1 Å². The highest BCUT2D eigenvalue weighted by atomic mass is 16.5. The summed E-state index contributed by atoms with van der Waals surface area (Å²) in [6, 6.07) is 17.8. The lowest BCUT2D eigenvalue weighted by molar-refractivity contribution is 0.143. The summed E-state index contributed by atoms with van der Waals surface area (Å²) in [6.45, 7) is 5.12. The second kappa shape index (κ2) is 11.9. The number of aliphatic imine (C=N–C) groups is 1. The predicted octanol–water partition coefficient (Wildman–Crippen LogP) is 3.96. The lowest BCUT2D eigenvalue weighted by Crippen LogP contribution is -2.37. The largest absolute Gasteiger partial charge is 0.457 e. The summed E-state index contributed by atoms with van der Waals surface area (Å²) in [5.41, 5.74) is 1.08. The van der Waals surface area contributed by atoms with E-state index in [4.69, 9.17) is 9.47 Å². The highest BCUT2D eigenvalue weighted by Gasteiger charge is 2.05. The lowest BCUT2D eigenvalue weighted by Gasteiger charge is -2.14. The Kier molecular flexibility index (Phi) is 9.08. The molecule has 0 heterocycles. The fourth-order valence-corrected chi connectivity index (χ4v) is 2.44. The third-order valence-corrected chi connectivity index (χ3v) is 3.83. The second-order valence-electron chi connectivity index (χ2n) is 5.78. The molecule has 2 aromatic carbocycles. The fourth-order valence-electron chi connectivity index (χ4n) is 2.44. The van der Waals surface area contributed by atoms with Crippen LogP contribution in [0.5, 0.6) is 11.5 Å². The van der Waals surface area contributed by atoms with E-state index in [2.05, 4.69) is 21.7 Å². The van der Waals surface area contributed by atoms with Crippen LogP contribution >= 0.6 is 0 Å². The van der Waals surface area contributed by atoms with E-state index in [1.54, 1.807) is 7.05 Å². The summed E-state index contributed by atoms with van der Waals surface area (Å²) in [7, 11) is 1.78. The van der Waals surface area contributed by atoms with Gasteiger partial charge in [0, 0.05) is 38.9 Å². The zero-order chi connectivity index (χ0) is 18.5. The summed E-state index contributed by atoms with van der Waals surface area (Å²) in [4.78, 5) is 4.27. The number of benzene rings is 2. The number of para-hydroxylation sites is 2. The molecule has 26 heavy (non-hydrogen) atoms. The minimum absolute atomic E-state index is 0.641. The van der Waals surface area contributed by atoms with Gasteiger partial charge in [0.05, 0.1) is 0 Å². The third kappa shape index (κ3) is 7.15. The van der Waals surface area contributed by atoms with E-state index < -0.39 is 0 Å². The molecule has 0 bridgehead atoms. The van der Waals surface area contributed by atoms with Gasteiger partial charge >= 0.3 is 0 Å². The lowest BCUT2D eigenvalue weighted by atomic mass is 10.2. The number of nitrogens with one attached hydrogen (secondary N) is 2. The maximum Gasteiger partial charge on any atom is 0.191 e. The molecule has 0 amide bonds. The summed E-state index contributed by atoms with van der Waals surface area (Å²) in [5.74, 6) is 2.46. The van der Waals surface area contributed by atoms with Gasteiger partial charge in [-0.2, -0.15) is 0 Å². The molecule has 0 aliphatic heterocycles. The molecule has 140 valence electrons. The molecule has 0 fully saturated rings. The van der Waals surface area contributed by atoms with Crippen LogP contribution in [0.1, 0.15) is 25.3 Å². The van der Waals surface area contributed by atoms with E-state index in [1.165, 1.54) is 0 Å². The van der Waals surface area contributed by atoms with Crippen molar-refractivity contribution in [3.05, 3.63) is 60.2 Å². The Balaban J connectivity index is 1.82. The molecule has 2 rings (SSSR count). The molecule has 0 radical (unpaired) electrons. The summed E-state index contributed by atoms with van der Waals surface area (Å²) in [6.07, 6.45) is 2.10. The van der Waals surface area contributed by atoms with E-state index in [0.29, 0.717) is 6.54 Å². The first-order chi connectivity index (χ1) is 12.8. The van der Waals surface area contributed by atoms with Crippen LogP contribution in [-0.4, -0.2) is 32.8 Å². The SMILES string of the molecule is CCOCCCCNC(=NC)NCc1ccccc1Oc1ccccc1. The van der Waals surface area contributed by atoms with Gasteiger partial charge in [-0.05, 0) is 38.0 Å². The van der Waals surface area contributed by atoms with Crippen molar-refractivity contribution in [3.8, 4) is 11.5 Å². The first-order valence-electron chi connectivity index (χ1n) is 9.16. The molecule has 0 saturated carbocycles. The van der Waals surface area contributed by atoms with Crippen molar-refractivity contribution < 1.29 is 9.47 Å². The Bertz CT molecular complexity index is 659. The number of nitrogens with zero attached hydrogens (tertiary/aromatic N) is 1. The number of guanidine groups is 1. The van der Waals surface area contributed by atoms with E-state index in [0.717, 1.165) is 55.6 Å². The molecule has 0 aliphatic rings. The Morgan fingerprint density at radius 3 is 2.50 bits per heavy atom. The molecular formula is C21H29N3O2. The van der Waals surface area contributed by atoms with Crippen molar-refractivity contribution in [2.24, 2.45) is 4.99 Å². The number of unbranched alkanes of at least 4 members (excludes halogenated alkanes) is 1. The molecule has 2 N–H and O–H groups in total. The molecule has 0 aliphatic carbocycles. The van der Waals surface area contributed by atoms with Crippen LogP contribution in [0, 0.1) is 0 Å². The van der Waals surface area contributed by atoms with E-state index in [9.17, 15) is 0 Å². The molecule has 5 nitrogen and oxygen atoms in total. The van der Waals surface area contributed by atoms with Crippen molar-refractivity contribution in [2.75, 3.05) is 26.8 Å². The maximum absolute atomic E-state index is 6.00. The average molecular weight is 355 g/mol. The van der Waals surface area contributed by atoms with Crippen molar-refractivity contribution in [3.63, 3.8) is 0 Å². The van der Waals surface area contributed by atoms with Crippen molar-refractivity contribution in [1.82, 2.24) is 10.6 Å². The summed E-state index contributed by atoms with van der Waals surface area (Å²) < 4.78 is 11.3. The molecule has 0 atom stereocenters. The van der Waals surface area contributed by atoms with Gasteiger partial charge in [-0.3, -0.25) is 4.99 Å². The first kappa shape index (κ1) is 19.8. The van der Waals surface area contributed by atoms with E-state index >= 15 is 0 Å². The van der Waals surface area contributed by atoms with E-state index in [-0.39, 0.29) is 0 Å². The van der Waals surface area contributed by atoms with Crippen molar-refractivity contribution in [1.29, 1.82) is 0 Å². The van der Waals surface area contributed by atoms with Crippen LogP contribution in [0.2, 0.25) is 0 Å².